The summed E-state index contributed by atoms with van der Waals surface area (Å²) in [4.78, 5) is 28.8. The average Bonchev–Trinajstić information content (AvgIpc) is 2.61. The van der Waals surface area contributed by atoms with E-state index in [-0.39, 0.29) is 18.0 Å². The molecule has 27 heavy (non-hydrogen) atoms. The molecule has 5 nitrogen and oxygen atoms in total. The Morgan fingerprint density at radius 3 is 2.56 bits per heavy atom. The van der Waals surface area contributed by atoms with Gasteiger partial charge in [-0.3, -0.25) is 4.79 Å². The van der Waals surface area contributed by atoms with E-state index in [2.05, 4.69) is 5.92 Å². The second-order valence-corrected chi connectivity index (χ2v) is 7.91. The molecule has 2 rings (SSSR count). The zero-order chi connectivity index (χ0) is 19.9. The third kappa shape index (κ3) is 6.63. The summed E-state index contributed by atoms with van der Waals surface area (Å²) in [6.07, 6.45) is 7.40. The highest BCUT2D eigenvalue weighted by Gasteiger charge is 2.34. The monoisotopic (exact) mass is 370 g/mol. The first kappa shape index (κ1) is 20.8. The predicted molar refractivity (Wildman–Crippen MR) is 106 cm³/mol. The molecule has 0 N–H and O–H groups in total. The number of ether oxygens (including phenoxy) is 1. The lowest BCUT2D eigenvalue weighted by atomic mass is 10.0. The molecule has 1 aromatic carbocycles. The topological polar surface area (TPSA) is 49.9 Å². The number of piperazine rings is 1. The first-order valence-electron chi connectivity index (χ1n) is 9.55. The fourth-order valence-electron chi connectivity index (χ4n) is 3.20. The maximum Gasteiger partial charge on any atom is 0.410 e. The van der Waals surface area contributed by atoms with Crippen molar-refractivity contribution in [3.05, 3.63) is 35.9 Å². The molecular weight excluding hydrogens is 340 g/mol. The van der Waals surface area contributed by atoms with Gasteiger partial charge in [-0.15, -0.1) is 12.3 Å². The number of rotatable bonds is 5. The van der Waals surface area contributed by atoms with Gasteiger partial charge in [0.2, 0.25) is 5.91 Å². The lowest BCUT2D eigenvalue weighted by Crippen LogP contribution is -2.58. The number of hydrogen-bond donors (Lipinski definition) is 0. The predicted octanol–water partition coefficient (Wildman–Crippen LogP) is 3.48. The van der Waals surface area contributed by atoms with Crippen molar-refractivity contribution < 1.29 is 14.3 Å². The van der Waals surface area contributed by atoms with Gasteiger partial charge < -0.3 is 14.5 Å². The standard InChI is InChI=1S/C22H30N2O3/c1-5-6-8-13-20(25)23-14-15-24(21(26)27-22(2,3)4)19(17-23)16-18-11-9-7-10-12-18/h1,7,9-12,19H,6,8,13-17H2,2-4H3. The van der Waals surface area contributed by atoms with Gasteiger partial charge in [0.15, 0.2) is 0 Å². The Hall–Kier alpha value is -2.48. The van der Waals surface area contributed by atoms with E-state index in [4.69, 9.17) is 11.2 Å². The van der Waals surface area contributed by atoms with Crippen LogP contribution >= 0.6 is 0 Å². The van der Waals surface area contributed by atoms with Crippen molar-refractivity contribution >= 4 is 12.0 Å². The summed E-state index contributed by atoms with van der Waals surface area (Å²) in [5, 5.41) is 0. The molecule has 5 heteroatoms. The minimum absolute atomic E-state index is 0.104. The quantitative estimate of drug-likeness (QED) is 0.589. The van der Waals surface area contributed by atoms with E-state index >= 15 is 0 Å². The molecule has 0 spiro atoms. The van der Waals surface area contributed by atoms with Gasteiger partial charge in [-0.05, 0) is 39.2 Å². The van der Waals surface area contributed by atoms with Crippen LogP contribution in [0.3, 0.4) is 0 Å². The molecule has 0 radical (unpaired) electrons. The Bertz CT molecular complexity index is 673. The molecule has 1 saturated heterocycles. The zero-order valence-electron chi connectivity index (χ0n) is 16.6. The number of nitrogens with zero attached hydrogens (tertiary/aromatic N) is 2. The molecule has 1 aromatic rings. The fourth-order valence-corrected chi connectivity index (χ4v) is 3.20. The molecule has 146 valence electrons. The molecule has 0 aliphatic carbocycles. The summed E-state index contributed by atoms with van der Waals surface area (Å²) in [7, 11) is 0. The van der Waals surface area contributed by atoms with Crippen LogP contribution in [-0.4, -0.2) is 53.1 Å². The van der Waals surface area contributed by atoms with Gasteiger partial charge in [0.1, 0.15) is 5.60 Å². The number of carbonyl (C=O) groups is 2. The molecule has 2 amide bonds. The van der Waals surface area contributed by atoms with Crippen LogP contribution in [-0.2, 0) is 16.0 Å². The number of benzene rings is 1. The van der Waals surface area contributed by atoms with Crippen molar-refractivity contribution in [3.8, 4) is 12.3 Å². The van der Waals surface area contributed by atoms with Gasteiger partial charge in [0, 0.05) is 32.5 Å². The molecule has 1 fully saturated rings. The summed E-state index contributed by atoms with van der Waals surface area (Å²) in [6, 6.07) is 9.92. The lowest BCUT2D eigenvalue weighted by molar-refractivity contribution is -0.134. The van der Waals surface area contributed by atoms with E-state index in [9.17, 15) is 9.59 Å². The molecule has 0 saturated carbocycles. The Labute approximate surface area is 162 Å². The third-order valence-corrected chi connectivity index (χ3v) is 4.49. The van der Waals surface area contributed by atoms with Crippen LogP contribution in [0.15, 0.2) is 30.3 Å². The molecule has 1 unspecified atom stereocenters. The minimum atomic E-state index is -0.545. The van der Waals surface area contributed by atoms with E-state index in [0.717, 1.165) is 5.56 Å². The van der Waals surface area contributed by atoms with Crippen LogP contribution in [0.1, 0.15) is 45.6 Å². The average molecular weight is 370 g/mol. The third-order valence-electron chi connectivity index (χ3n) is 4.49. The Balaban J connectivity index is 2.09. The van der Waals surface area contributed by atoms with Crippen LogP contribution in [0.2, 0.25) is 0 Å². The van der Waals surface area contributed by atoms with Gasteiger partial charge >= 0.3 is 6.09 Å². The van der Waals surface area contributed by atoms with Crippen LogP contribution in [0.25, 0.3) is 0 Å². The fraction of sp³-hybridized carbons (Fsp3) is 0.545. The summed E-state index contributed by atoms with van der Waals surface area (Å²) < 4.78 is 5.58. The molecule has 1 aliphatic heterocycles. The van der Waals surface area contributed by atoms with Gasteiger partial charge in [0.05, 0.1) is 6.04 Å². The van der Waals surface area contributed by atoms with Gasteiger partial charge in [-0.2, -0.15) is 0 Å². The van der Waals surface area contributed by atoms with Gasteiger partial charge in [-0.25, -0.2) is 4.79 Å². The molecule has 1 aliphatic rings. The second-order valence-electron chi connectivity index (χ2n) is 7.91. The van der Waals surface area contributed by atoms with E-state index in [1.54, 1.807) is 4.90 Å². The summed E-state index contributed by atoms with van der Waals surface area (Å²) in [5.74, 6) is 2.67. The summed E-state index contributed by atoms with van der Waals surface area (Å²) in [5.41, 5.74) is 0.592. The first-order chi connectivity index (χ1) is 12.8. The highest BCUT2D eigenvalue weighted by Crippen LogP contribution is 2.20. The summed E-state index contributed by atoms with van der Waals surface area (Å²) in [6.45, 7) is 7.11. The SMILES string of the molecule is C#CCCCC(=O)N1CCN(C(=O)OC(C)(C)C)C(Cc2ccccc2)C1. The summed E-state index contributed by atoms with van der Waals surface area (Å²) >= 11 is 0. The van der Waals surface area contributed by atoms with E-state index in [0.29, 0.717) is 45.3 Å². The highest BCUT2D eigenvalue weighted by atomic mass is 16.6. The number of carbonyl (C=O) groups excluding carboxylic acids is 2. The van der Waals surface area contributed by atoms with Crippen molar-refractivity contribution in [2.75, 3.05) is 19.6 Å². The molecule has 1 atom stereocenters. The molecular formula is C22H30N2O3. The van der Waals surface area contributed by atoms with Crippen molar-refractivity contribution in [2.45, 2.75) is 58.1 Å². The maximum atomic E-state index is 12.7. The minimum Gasteiger partial charge on any atom is -0.444 e. The smallest absolute Gasteiger partial charge is 0.410 e. The zero-order valence-corrected chi connectivity index (χ0v) is 16.6. The Morgan fingerprint density at radius 1 is 1.22 bits per heavy atom. The Kier molecular flexibility index (Phi) is 7.29. The van der Waals surface area contributed by atoms with Crippen molar-refractivity contribution in [1.82, 2.24) is 9.80 Å². The normalized spacial score (nSPS) is 17.3. The number of amides is 2. The maximum absolute atomic E-state index is 12.7. The first-order valence-corrected chi connectivity index (χ1v) is 9.55. The van der Waals surface area contributed by atoms with Crippen molar-refractivity contribution in [3.63, 3.8) is 0 Å². The van der Waals surface area contributed by atoms with Crippen LogP contribution < -0.4 is 0 Å². The van der Waals surface area contributed by atoms with E-state index in [1.807, 2.05) is 56.0 Å². The molecule has 0 bridgehead atoms. The van der Waals surface area contributed by atoms with Crippen LogP contribution in [0.4, 0.5) is 4.79 Å². The number of terminal acetylenes is 1. The molecule has 0 aromatic heterocycles. The van der Waals surface area contributed by atoms with Gasteiger partial charge in [-0.1, -0.05) is 30.3 Å². The molecule has 1 heterocycles. The lowest BCUT2D eigenvalue weighted by Gasteiger charge is -2.42. The number of hydrogen-bond acceptors (Lipinski definition) is 3. The number of unbranched alkanes of at least 4 members (excludes halogenated alkanes) is 1. The van der Waals surface area contributed by atoms with Crippen LogP contribution in [0, 0.1) is 12.3 Å². The second kappa shape index (κ2) is 9.45. The van der Waals surface area contributed by atoms with Crippen molar-refractivity contribution in [1.29, 1.82) is 0 Å². The van der Waals surface area contributed by atoms with Crippen LogP contribution in [0.5, 0.6) is 0 Å². The largest absolute Gasteiger partial charge is 0.444 e. The van der Waals surface area contributed by atoms with E-state index in [1.165, 1.54) is 0 Å². The van der Waals surface area contributed by atoms with Gasteiger partial charge in [0.25, 0.3) is 0 Å². The van der Waals surface area contributed by atoms with E-state index < -0.39 is 5.60 Å². The highest BCUT2D eigenvalue weighted by molar-refractivity contribution is 5.77. The van der Waals surface area contributed by atoms with Crippen molar-refractivity contribution in [2.24, 2.45) is 0 Å². The Morgan fingerprint density at radius 2 is 1.93 bits per heavy atom.